The molecule has 4 atom stereocenters. The highest BCUT2D eigenvalue weighted by atomic mass is 16.7. The quantitative estimate of drug-likeness (QED) is 0.581. The lowest BCUT2D eigenvalue weighted by Crippen LogP contribution is -2.29. The molecule has 0 bridgehead atoms. The minimum absolute atomic E-state index is 0.104. The molecule has 2 heteroatoms. The standard InChI is InChI=1S/C14H30O2/c1-8-10(3)12(5)15-14(7)16-13(6)11(4)9-2/h10-14H,8-9H2,1-7H3. The van der Waals surface area contributed by atoms with E-state index in [0.717, 1.165) is 12.8 Å². The van der Waals surface area contributed by atoms with Crippen molar-refractivity contribution < 1.29 is 9.47 Å². The van der Waals surface area contributed by atoms with E-state index in [4.69, 9.17) is 9.47 Å². The predicted molar refractivity (Wildman–Crippen MR) is 69.5 cm³/mol. The highest BCUT2D eigenvalue weighted by Crippen LogP contribution is 2.17. The van der Waals surface area contributed by atoms with Crippen LogP contribution in [0.1, 0.15) is 61.3 Å². The normalized spacial score (nSPS) is 21.2. The first-order valence-electron chi connectivity index (χ1n) is 6.73. The molecular weight excluding hydrogens is 200 g/mol. The van der Waals surface area contributed by atoms with Crippen LogP contribution in [0.2, 0.25) is 0 Å². The molecule has 0 aromatic rings. The van der Waals surface area contributed by atoms with E-state index in [9.17, 15) is 0 Å². The van der Waals surface area contributed by atoms with Crippen molar-refractivity contribution >= 4 is 0 Å². The molecule has 0 saturated heterocycles. The van der Waals surface area contributed by atoms with E-state index in [2.05, 4.69) is 41.5 Å². The lowest BCUT2D eigenvalue weighted by molar-refractivity contribution is -0.194. The maximum Gasteiger partial charge on any atom is 0.155 e. The summed E-state index contributed by atoms with van der Waals surface area (Å²) in [6, 6.07) is 0. The second-order valence-corrected chi connectivity index (χ2v) is 5.02. The Kier molecular flexibility index (Phi) is 8.04. The van der Waals surface area contributed by atoms with Gasteiger partial charge in [0.15, 0.2) is 6.29 Å². The number of rotatable bonds is 8. The summed E-state index contributed by atoms with van der Waals surface area (Å²) in [4.78, 5) is 0. The van der Waals surface area contributed by atoms with Crippen LogP contribution in [0.15, 0.2) is 0 Å². The number of hydrogen-bond donors (Lipinski definition) is 0. The Morgan fingerprint density at radius 3 is 1.25 bits per heavy atom. The van der Waals surface area contributed by atoms with Gasteiger partial charge in [0.25, 0.3) is 0 Å². The fourth-order valence-corrected chi connectivity index (χ4v) is 1.57. The van der Waals surface area contributed by atoms with Gasteiger partial charge in [0.1, 0.15) is 0 Å². The smallest absolute Gasteiger partial charge is 0.155 e. The SMILES string of the molecule is CCC(C)C(C)OC(C)OC(C)C(C)CC. The number of hydrogen-bond acceptors (Lipinski definition) is 2. The van der Waals surface area contributed by atoms with E-state index < -0.39 is 0 Å². The zero-order chi connectivity index (χ0) is 12.7. The molecule has 4 unspecified atom stereocenters. The molecular formula is C14H30O2. The molecule has 0 N–H and O–H groups in total. The zero-order valence-corrected chi connectivity index (χ0v) is 12.1. The summed E-state index contributed by atoms with van der Waals surface area (Å²) in [7, 11) is 0. The Labute approximate surface area is 102 Å². The van der Waals surface area contributed by atoms with Gasteiger partial charge >= 0.3 is 0 Å². The number of ether oxygens (including phenoxy) is 2. The molecule has 0 rings (SSSR count). The third-order valence-corrected chi connectivity index (χ3v) is 3.70. The van der Waals surface area contributed by atoms with Crippen molar-refractivity contribution in [2.45, 2.75) is 79.8 Å². The molecule has 0 aliphatic heterocycles. The molecule has 0 aliphatic rings. The van der Waals surface area contributed by atoms with E-state index in [1.807, 2.05) is 6.92 Å². The summed E-state index contributed by atoms with van der Waals surface area (Å²) in [5.74, 6) is 1.18. The third-order valence-electron chi connectivity index (χ3n) is 3.70. The van der Waals surface area contributed by atoms with E-state index in [0.29, 0.717) is 11.8 Å². The van der Waals surface area contributed by atoms with Gasteiger partial charge in [0, 0.05) is 0 Å². The molecule has 0 aromatic carbocycles. The van der Waals surface area contributed by atoms with Crippen molar-refractivity contribution in [1.82, 2.24) is 0 Å². The van der Waals surface area contributed by atoms with Crippen molar-refractivity contribution in [1.29, 1.82) is 0 Å². The first-order chi connectivity index (χ1) is 7.42. The summed E-state index contributed by atoms with van der Waals surface area (Å²) < 4.78 is 11.7. The van der Waals surface area contributed by atoms with Crippen LogP contribution in [0.25, 0.3) is 0 Å². The van der Waals surface area contributed by atoms with Crippen molar-refractivity contribution in [3.05, 3.63) is 0 Å². The van der Waals surface area contributed by atoms with Gasteiger partial charge in [0.05, 0.1) is 12.2 Å². The topological polar surface area (TPSA) is 18.5 Å². The lowest BCUT2D eigenvalue weighted by Gasteiger charge is -2.28. The Morgan fingerprint density at radius 2 is 1.00 bits per heavy atom. The van der Waals surface area contributed by atoms with Crippen LogP contribution in [0.3, 0.4) is 0 Å². The summed E-state index contributed by atoms with van der Waals surface area (Å²) in [5.41, 5.74) is 0. The Balaban J connectivity index is 3.93. The summed E-state index contributed by atoms with van der Waals surface area (Å²) >= 11 is 0. The minimum atomic E-state index is -0.104. The van der Waals surface area contributed by atoms with E-state index >= 15 is 0 Å². The summed E-state index contributed by atoms with van der Waals surface area (Å²) in [6.45, 7) is 15.1. The summed E-state index contributed by atoms with van der Waals surface area (Å²) in [5, 5.41) is 0. The zero-order valence-electron chi connectivity index (χ0n) is 12.1. The van der Waals surface area contributed by atoms with E-state index in [1.54, 1.807) is 0 Å². The lowest BCUT2D eigenvalue weighted by atomic mass is 10.0. The Bertz CT molecular complexity index is 152. The molecule has 16 heavy (non-hydrogen) atoms. The monoisotopic (exact) mass is 230 g/mol. The van der Waals surface area contributed by atoms with Crippen LogP contribution >= 0.6 is 0 Å². The van der Waals surface area contributed by atoms with Crippen LogP contribution < -0.4 is 0 Å². The van der Waals surface area contributed by atoms with Crippen LogP contribution in [-0.2, 0) is 9.47 Å². The van der Waals surface area contributed by atoms with Gasteiger partial charge < -0.3 is 9.47 Å². The van der Waals surface area contributed by atoms with E-state index in [-0.39, 0.29) is 18.5 Å². The van der Waals surface area contributed by atoms with Gasteiger partial charge in [0.2, 0.25) is 0 Å². The minimum Gasteiger partial charge on any atom is -0.350 e. The van der Waals surface area contributed by atoms with Gasteiger partial charge in [-0.15, -0.1) is 0 Å². The highest BCUT2D eigenvalue weighted by molar-refractivity contribution is 4.62. The molecule has 0 saturated carbocycles. The fraction of sp³-hybridized carbons (Fsp3) is 1.00. The Hall–Kier alpha value is -0.0800. The molecule has 0 spiro atoms. The summed E-state index contributed by atoms with van der Waals surface area (Å²) in [6.07, 6.45) is 2.73. The molecule has 98 valence electrons. The molecule has 0 aromatic heterocycles. The van der Waals surface area contributed by atoms with Crippen LogP contribution in [0, 0.1) is 11.8 Å². The second kappa shape index (κ2) is 8.08. The van der Waals surface area contributed by atoms with Crippen LogP contribution in [0.5, 0.6) is 0 Å². The van der Waals surface area contributed by atoms with Gasteiger partial charge in [-0.05, 0) is 32.6 Å². The average Bonchev–Trinajstić information content (AvgIpc) is 2.26. The largest absolute Gasteiger partial charge is 0.350 e. The van der Waals surface area contributed by atoms with Crippen molar-refractivity contribution in [2.75, 3.05) is 0 Å². The van der Waals surface area contributed by atoms with Crippen LogP contribution in [0.4, 0.5) is 0 Å². The third kappa shape index (κ3) is 5.86. The van der Waals surface area contributed by atoms with Gasteiger partial charge in [-0.2, -0.15) is 0 Å². The highest BCUT2D eigenvalue weighted by Gasteiger charge is 2.18. The maximum atomic E-state index is 5.85. The first-order valence-corrected chi connectivity index (χ1v) is 6.73. The molecule has 0 radical (unpaired) electrons. The van der Waals surface area contributed by atoms with Crippen molar-refractivity contribution in [3.63, 3.8) is 0 Å². The first kappa shape index (κ1) is 15.9. The van der Waals surface area contributed by atoms with E-state index in [1.165, 1.54) is 0 Å². The van der Waals surface area contributed by atoms with Crippen molar-refractivity contribution in [2.24, 2.45) is 11.8 Å². The fourth-order valence-electron chi connectivity index (χ4n) is 1.57. The molecule has 2 nitrogen and oxygen atoms in total. The molecule has 0 amide bonds. The molecule has 0 heterocycles. The van der Waals surface area contributed by atoms with Crippen molar-refractivity contribution in [3.8, 4) is 0 Å². The van der Waals surface area contributed by atoms with Gasteiger partial charge in [-0.3, -0.25) is 0 Å². The van der Waals surface area contributed by atoms with Crippen LogP contribution in [-0.4, -0.2) is 18.5 Å². The predicted octanol–water partition coefficient (Wildman–Crippen LogP) is 4.23. The second-order valence-electron chi connectivity index (χ2n) is 5.02. The van der Waals surface area contributed by atoms with Gasteiger partial charge in [-0.1, -0.05) is 40.5 Å². The maximum absolute atomic E-state index is 5.85. The molecule has 0 fully saturated rings. The van der Waals surface area contributed by atoms with Gasteiger partial charge in [-0.25, -0.2) is 0 Å². The average molecular weight is 230 g/mol. The Morgan fingerprint density at radius 1 is 0.688 bits per heavy atom. The molecule has 0 aliphatic carbocycles.